The number of aliphatic imine (C=N–C) groups is 1. The van der Waals surface area contributed by atoms with Crippen LogP contribution in [0.25, 0.3) is 0 Å². The molecular formula is C9H8ClNO. The molecule has 0 aliphatic carbocycles. The Morgan fingerprint density at radius 2 is 2.00 bits per heavy atom. The third-order valence-corrected chi connectivity index (χ3v) is 1.52. The molecule has 12 heavy (non-hydrogen) atoms. The average Bonchev–Trinajstić information content (AvgIpc) is 2.03. The number of halogens is 1. The molecule has 1 aromatic rings. The van der Waals surface area contributed by atoms with Gasteiger partial charge in [-0.3, -0.25) is 4.79 Å². The third-order valence-electron chi connectivity index (χ3n) is 1.27. The van der Waals surface area contributed by atoms with Crippen LogP contribution in [-0.2, 0) is 4.79 Å². The second-order valence-corrected chi connectivity index (χ2v) is 2.77. The van der Waals surface area contributed by atoms with Crippen LogP contribution in [0.5, 0.6) is 0 Å². The minimum atomic E-state index is -0.204. The second kappa shape index (κ2) is 4.02. The number of nitrogens with zero attached hydrogens (tertiary/aromatic N) is 1. The van der Waals surface area contributed by atoms with Crippen LogP contribution in [0.3, 0.4) is 0 Å². The maximum atomic E-state index is 10.5. The van der Waals surface area contributed by atoms with Gasteiger partial charge in [0.05, 0.1) is 0 Å². The van der Waals surface area contributed by atoms with Crippen molar-refractivity contribution in [2.24, 2.45) is 4.99 Å². The maximum absolute atomic E-state index is 10.5. The Morgan fingerprint density at radius 3 is 2.50 bits per heavy atom. The molecule has 3 heteroatoms. The first-order valence-corrected chi connectivity index (χ1v) is 3.86. The molecule has 0 aliphatic heterocycles. The molecule has 0 N–H and O–H groups in total. The molecule has 0 heterocycles. The van der Waals surface area contributed by atoms with Gasteiger partial charge in [-0.2, -0.15) is 0 Å². The van der Waals surface area contributed by atoms with E-state index in [0.717, 1.165) is 5.56 Å². The molecule has 62 valence electrons. The Morgan fingerprint density at radius 1 is 1.42 bits per heavy atom. The van der Waals surface area contributed by atoms with Gasteiger partial charge in [0.1, 0.15) is 0 Å². The lowest BCUT2D eigenvalue weighted by Gasteiger charge is -1.91. The SMILES string of the molecule is CC(=O)N=Cc1ccc(Cl)cc1. The van der Waals surface area contributed by atoms with E-state index in [1.54, 1.807) is 24.3 Å². The van der Waals surface area contributed by atoms with Gasteiger partial charge >= 0.3 is 0 Å². The largest absolute Gasteiger partial charge is 0.273 e. The Balaban J connectivity index is 2.77. The fraction of sp³-hybridized carbons (Fsp3) is 0.111. The Kier molecular flexibility index (Phi) is 3.00. The first-order chi connectivity index (χ1) is 5.68. The van der Waals surface area contributed by atoms with Gasteiger partial charge in [0.2, 0.25) is 5.91 Å². The van der Waals surface area contributed by atoms with Crippen molar-refractivity contribution in [2.45, 2.75) is 6.92 Å². The van der Waals surface area contributed by atoms with Crippen LogP contribution in [-0.4, -0.2) is 12.1 Å². The van der Waals surface area contributed by atoms with E-state index >= 15 is 0 Å². The standard InChI is InChI=1S/C9H8ClNO/c1-7(12)11-6-8-2-4-9(10)5-3-8/h2-6H,1H3. The molecule has 0 atom stereocenters. The molecule has 2 nitrogen and oxygen atoms in total. The van der Waals surface area contributed by atoms with Gasteiger partial charge in [0.15, 0.2) is 0 Å². The molecule has 0 unspecified atom stereocenters. The van der Waals surface area contributed by atoms with Crippen LogP contribution < -0.4 is 0 Å². The highest BCUT2D eigenvalue weighted by atomic mass is 35.5. The van der Waals surface area contributed by atoms with E-state index in [2.05, 4.69) is 4.99 Å². The molecule has 1 amide bonds. The van der Waals surface area contributed by atoms with E-state index in [1.807, 2.05) is 0 Å². The molecule has 0 aliphatic rings. The summed E-state index contributed by atoms with van der Waals surface area (Å²) in [5.74, 6) is -0.204. The summed E-state index contributed by atoms with van der Waals surface area (Å²) in [5.41, 5.74) is 0.870. The molecule has 0 aromatic heterocycles. The van der Waals surface area contributed by atoms with E-state index < -0.39 is 0 Å². The number of rotatable bonds is 1. The predicted octanol–water partition coefficient (Wildman–Crippen LogP) is 2.31. The Labute approximate surface area is 75.9 Å². The number of hydrogen-bond donors (Lipinski definition) is 0. The van der Waals surface area contributed by atoms with E-state index in [4.69, 9.17) is 11.6 Å². The van der Waals surface area contributed by atoms with Crippen molar-refractivity contribution in [3.63, 3.8) is 0 Å². The second-order valence-electron chi connectivity index (χ2n) is 2.33. The summed E-state index contributed by atoms with van der Waals surface area (Å²) in [7, 11) is 0. The first kappa shape index (κ1) is 8.94. The van der Waals surface area contributed by atoms with Crippen molar-refractivity contribution in [1.29, 1.82) is 0 Å². The van der Waals surface area contributed by atoms with Crippen LogP contribution in [0.1, 0.15) is 12.5 Å². The van der Waals surface area contributed by atoms with Gasteiger partial charge in [0.25, 0.3) is 0 Å². The Hall–Kier alpha value is -1.15. The van der Waals surface area contributed by atoms with Crippen molar-refractivity contribution >= 4 is 23.7 Å². The molecule has 1 aromatic carbocycles. The van der Waals surface area contributed by atoms with Gasteiger partial charge in [-0.1, -0.05) is 23.7 Å². The summed E-state index contributed by atoms with van der Waals surface area (Å²) in [5, 5.41) is 0.676. The smallest absolute Gasteiger partial charge is 0.242 e. The minimum Gasteiger partial charge on any atom is -0.273 e. The highest BCUT2D eigenvalue weighted by Crippen LogP contribution is 2.07. The normalized spacial score (nSPS) is 10.5. The lowest BCUT2D eigenvalue weighted by atomic mass is 10.2. The first-order valence-electron chi connectivity index (χ1n) is 3.48. The van der Waals surface area contributed by atoms with Gasteiger partial charge in [0, 0.05) is 18.2 Å². The highest BCUT2D eigenvalue weighted by Gasteiger charge is 1.88. The van der Waals surface area contributed by atoms with Gasteiger partial charge < -0.3 is 0 Å². The molecule has 0 saturated carbocycles. The zero-order valence-electron chi connectivity index (χ0n) is 6.62. The highest BCUT2D eigenvalue weighted by molar-refractivity contribution is 6.30. The van der Waals surface area contributed by atoms with E-state index in [1.165, 1.54) is 13.1 Å². The van der Waals surface area contributed by atoms with Crippen LogP contribution in [0.15, 0.2) is 29.3 Å². The fourth-order valence-electron chi connectivity index (χ4n) is 0.714. The number of amides is 1. The summed E-state index contributed by atoms with van der Waals surface area (Å²) in [6.07, 6.45) is 1.51. The van der Waals surface area contributed by atoms with Crippen LogP contribution in [0.2, 0.25) is 5.02 Å². The summed E-state index contributed by atoms with van der Waals surface area (Å²) < 4.78 is 0. The Bertz CT molecular complexity index is 303. The topological polar surface area (TPSA) is 29.4 Å². The molecular weight excluding hydrogens is 174 g/mol. The number of hydrogen-bond acceptors (Lipinski definition) is 1. The predicted molar refractivity (Wildman–Crippen MR) is 49.7 cm³/mol. The summed E-state index contributed by atoms with van der Waals surface area (Å²) >= 11 is 5.66. The molecule has 1 rings (SSSR count). The van der Waals surface area contributed by atoms with Gasteiger partial charge in [-0.05, 0) is 17.7 Å². The molecule has 0 bridgehead atoms. The van der Waals surface area contributed by atoms with Crippen LogP contribution in [0, 0.1) is 0 Å². The zero-order valence-corrected chi connectivity index (χ0v) is 7.38. The molecule has 0 spiro atoms. The van der Waals surface area contributed by atoms with Crippen molar-refractivity contribution in [3.05, 3.63) is 34.9 Å². The zero-order chi connectivity index (χ0) is 8.97. The number of benzene rings is 1. The quantitative estimate of drug-likeness (QED) is 0.612. The monoisotopic (exact) mass is 181 g/mol. The summed E-state index contributed by atoms with van der Waals surface area (Å²) in [6, 6.07) is 7.11. The number of carbonyl (C=O) groups excluding carboxylic acids is 1. The summed E-state index contributed by atoms with van der Waals surface area (Å²) in [4.78, 5) is 14.1. The summed E-state index contributed by atoms with van der Waals surface area (Å²) in [6.45, 7) is 1.41. The third kappa shape index (κ3) is 2.84. The van der Waals surface area contributed by atoms with Crippen molar-refractivity contribution in [2.75, 3.05) is 0 Å². The lowest BCUT2D eigenvalue weighted by molar-refractivity contribution is -0.115. The maximum Gasteiger partial charge on any atom is 0.242 e. The molecule has 0 radical (unpaired) electrons. The van der Waals surface area contributed by atoms with Crippen LogP contribution >= 0.6 is 11.6 Å². The van der Waals surface area contributed by atoms with Crippen LogP contribution in [0.4, 0.5) is 0 Å². The van der Waals surface area contributed by atoms with E-state index in [9.17, 15) is 4.79 Å². The van der Waals surface area contributed by atoms with Crippen molar-refractivity contribution in [1.82, 2.24) is 0 Å². The van der Waals surface area contributed by atoms with Gasteiger partial charge in [-0.15, -0.1) is 0 Å². The van der Waals surface area contributed by atoms with Crippen molar-refractivity contribution < 1.29 is 4.79 Å². The van der Waals surface area contributed by atoms with Crippen molar-refractivity contribution in [3.8, 4) is 0 Å². The molecule has 0 fully saturated rings. The fourth-order valence-corrected chi connectivity index (χ4v) is 0.840. The lowest BCUT2D eigenvalue weighted by Crippen LogP contribution is -1.85. The van der Waals surface area contributed by atoms with E-state index in [0.29, 0.717) is 5.02 Å². The van der Waals surface area contributed by atoms with Gasteiger partial charge in [-0.25, -0.2) is 4.99 Å². The number of carbonyl (C=O) groups is 1. The average molecular weight is 182 g/mol. The molecule has 0 saturated heterocycles. The minimum absolute atomic E-state index is 0.204. The van der Waals surface area contributed by atoms with E-state index in [-0.39, 0.29) is 5.91 Å².